The highest BCUT2D eigenvalue weighted by Gasteiger charge is 2.54. The van der Waals surface area contributed by atoms with Crippen molar-refractivity contribution in [3.63, 3.8) is 0 Å². The molecule has 1 aromatic rings. The van der Waals surface area contributed by atoms with Crippen LogP contribution in [0, 0.1) is 29.1 Å². The van der Waals surface area contributed by atoms with Gasteiger partial charge in [-0.05, 0) is 104 Å². The third-order valence-corrected chi connectivity index (χ3v) is 9.05. The molecule has 0 bridgehead atoms. The van der Waals surface area contributed by atoms with Crippen molar-refractivity contribution in [1.82, 2.24) is 21.5 Å². The molecular weight excluding hydrogens is 718 g/mol. The number of unbranched alkanes of at least 4 members (excludes halogenated alkanes) is 1. The number of rotatable bonds is 20. The van der Waals surface area contributed by atoms with Crippen LogP contribution in [0.3, 0.4) is 0 Å². The van der Waals surface area contributed by atoms with Gasteiger partial charge in [0.1, 0.15) is 11.2 Å². The van der Waals surface area contributed by atoms with Gasteiger partial charge in [0.2, 0.25) is 11.8 Å². The van der Waals surface area contributed by atoms with Crippen molar-refractivity contribution in [3.05, 3.63) is 42.0 Å². The lowest BCUT2D eigenvalue weighted by Crippen LogP contribution is -2.58. The van der Waals surface area contributed by atoms with Gasteiger partial charge >= 0.3 is 12.2 Å². The standard InChI is InChI=1S/C42H69N5O9/c1-28(2)26-31(36(49)46-43)34(37(50)47-56-33-21-15-17-25-53-33)42(27-29(3)4,23-22-30-18-12-11-13-19-30)35(48)32(45-39(52)55-41(8,9)10)20-14-16-24-44-38(51)54-40(5,6)7/h11-13,18-19,22-23,28-29,31-34H,14-17,20-21,24-27,43H2,1-10H3,(H,44,51)(H,45,52)(H,46,49)(H,47,50)/b23-22+/t31-,32+,33?,34-,42?/m1/s1. The number of ketones is 1. The maximum atomic E-state index is 15.7. The van der Waals surface area contributed by atoms with Gasteiger partial charge < -0.3 is 24.8 Å². The summed E-state index contributed by atoms with van der Waals surface area (Å²) in [6.07, 6.45) is 4.94. The smallest absolute Gasteiger partial charge is 0.408 e. The Labute approximate surface area is 334 Å². The number of alkyl carbamates (subject to hydrolysis) is 2. The maximum absolute atomic E-state index is 15.7. The number of allylic oxidation sites excluding steroid dienone is 1. The lowest BCUT2D eigenvalue weighted by molar-refractivity contribution is -0.204. The molecule has 1 aliphatic heterocycles. The molecule has 14 heteroatoms. The summed E-state index contributed by atoms with van der Waals surface area (Å²) in [5.41, 5.74) is 2.34. The summed E-state index contributed by atoms with van der Waals surface area (Å²) < 4.78 is 16.7. The van der Waals surface area contributed by atoms with Crippen LogP contribution in [-0.2, 0) is 33.4 Å². The largest absolute Gasteiger partial charge is 0.444 e. The maximum Gasteiger partial charge on any atom is 0.408 e. The van der Waals surface area contributed by atoms with E-state index in [-0.39, 0.29) is 37.6 Å². The van der Waals surface area contributed by atoms with Crippen LogP contribution >= 0.6 is 0 Å². The third-order valence-electron chi connectivity index (χ3n) is 9.05. The van der Waals surface area contributed by atoms with Crippen LogP contribution in [0.15, 0.2) is 36.4 Å². The number of ether oxygens (including phenoxy) is 3. The van der Waals surface area contributed by atoms with Crippen LogP contribution in [0.5, 0.6) is 0 Å². The molecule has 1 heterocycles. The zero-order valence-corrected chi connectivity index (χ0v) is 35.3. The van der Waals surface area contributed by atoms with Crippen LogP contribution in [0.2, 0.25) is 0 Å². The minimum Gasteiger partial charge on any atom is -0.444 e. The highest BCUT2D eigenvalue weighted by molar-refractivity contribution is 6.00. The molecule has 0 radical (unpaired) electrons. The first-order valence-electron chi connectivity index (χ1n) is 20.0. The Morgan fingerprint density at radius 2 is 1.52 bits per heavy atom. The average molecular weight is 788 g/mol. The zero-order chi connectivity index (χ0) is 42.1. The van der Waals surface area contributed by atoms with Crippen molar-refractivity contribution >= 4 is 35.9 Å². The van der Waals surface area contributed by atoms with Crippen molar-refractivity contribution in [2.24, 2.45) is 34.9 Å². The highest BCUT2D eigenvalue weighted by Crippen LogP contribution is 2.46. The third kappa shape index (κ3) is 17.0. The SMILES string of the molecule is CC(C)C[C@@H](C(=O)NN)[C@H](C(=O)NOC1CCCCO1)C(/C=C/c1ccccc1)(CC(C)C)C(=O)[C@H](CCCCNC(=O)OC(C)(C)C)NC(=O)OC(C)(C)C. The molecule has 5 atom stereocenters. The fourth-order valence-electron chi connectivity index (χ4n) is 6.92. The fourth-order valence-corrected chi connectivity index (χ4v) is 6.92. The molecule has 1 fully saturated rings. The molecule has 1 aliphatic rings. The molecule has 2 rings (SSSR count). The molecule has 14 nitrogen and oxygen atoms in total. The van der Waals surface area contributed by atoms with Crippen molar-refractivity contribution in [1.29, 1.82) is 0 Å². The Bertz CT molecular complexity index is 1430. The Hall–Kier alpha value is -4.01. The number of hydrogen-bond acceptors (Lipinski definition) is 10. The molecule has 1 aromatic carbocycles. The van der Waals surface area contributed by atoms with Crippen molar-refractivity contribution in [3.8, 4) is 0 Å². The lowest BCUT2D eigenvalue weighted by atomic mass is 9.59. The number of carbonyl (C=O) groups is 5. The Balaban J connectivity index is 2.80. The lowest BCUT2D eigenvalue weighted by Gasteiger charge is -2.43. The highest BCUT2D eigenvalue weighted by atomic mass is 16.8. The van der Waals surface area contributed by atoms with E-state index in [2.05, 4.69) is 21.5 Å². The molecular formula is C42H69N5O9. The number of nitrogens with one attached hydrogen (secondary N) is 4. The second kappa shape index (κ2) is 22.7. The molecule has 2 unspecified atom stereocenters. The topological polar surface area (TPSA) is 196 Å². The number of hydroxylamine groups is 1. The normalized spacial score (nSPS) is 17.7. The van der Waals surface area contributed by atoms with Gasteiger partial charge in [-0.15, -0.1) is 0 Å². The van der Waals surface area contributed by atoms with Crippen LogP contribution in [-0.4, -0.2) is 66.5 Å². The summed E-state index contributed by atoms with van der Waals surface area (Å²) in [5.74, 6) is 1.27. The molecule has 0 spiro atoms. The molecule has 4 amide bonds. The first-order chi connectivity index (χ1) is 26.2. The van der Waals surface area contributed by atoms with E-state index < -0.39 is 70.6 Å². The van der Waals surface area contributed by atoms with Gasteiger partial charge in [0.15, 0.2) is 12.1 Å². The summed E-state index contributed by atoms with van der Waals surface area (Å²) >= 11 is 0. The predicted molar refractivity (Wildman–Crippen MR) is 215 cm³/mol. The number of Topliss-reactive ketones (excluding diaryl/α,β-unsaturated/α-hetero) is 1. The van der Waals surface area contributed by atoms with E-state index in [1.165, 1.54) is 0 Å². The van der Waals surface area contributed by atoms with Crippen molar-refractivity contribution in [2.45, 2.75) is 144 Å². The minimum absolute atomic E-state index is 0.0895. The molecule has 0 aromatic heterocycles. The van der Waals surface area contributed by atoms with Crippen LogP contribution < -0.4 is 27.4 Å². The van der Waals surface area contributed by atoms with E-state index in [1.54, 1.807) is 53.7 Å². The van der Waals surface area contributed by atoms with Crippen LogP contribution in [0.1, 0.15) is 126 Å². The number of carbonyl (C=O) groups excluding carboxylic acids is 5. The summed E-state index contributed by atoms with van der Waals surface area (Å²) in [6.45, 7) is 18.9. The molecule has 1 saturated heterocycles. The summed E-state index contributed by atoms with van der Waals surface area (Å²) in [5, 5.41) is 5.55. The van der Waals surface area contributed by atoms with E-state index in [9.17, 15) is 19.2 Å². The van der Waals surface area contributed by atoms with Gasteiger partial charge in [0.25, 0.3) is 0 Å². The monoisotopic (exact) mass is 788 g/mol. The van der Waals surface area contributed by atoms with E-state index in [1.807, 2.05) is 58.0 Å². The molecule has 0 saturated carbocycles. The minimum atomic E-state index is -1.70. The van der Waals surface area contributed by atoms with Crippen LogP contribution in [0.25, 0.3) is 6.08 Å². The van der Waals surface area contributed by atoms with E-state index in [0.29, 0.717) is 25.9 Å². The first kappa shape index (κ1) is 48.1. The number of hydrazine groups is 1. The number of benzene rings is 1. The Kier molecular flexibility index (Phi) is 19.5. The predicted octanol–water partition coefficient (Wildman–Crippen LogP) is 6.73. The fraction of sp³-hybridized carbons (Fsp3) is 0.690. The van der Waals surface area contributed by atoms with Gasteiger partial charge in [0, 0.05) is 19.6 Å². The average Bonchev–Trinajstić information content (AvgIpc) is 3.10. The van der Waals surface area contributed by atoms with Gasteiger partial charge in [-0.3, -0.25) is 19.8 Å². The molecule has 316 valence electrons. The van der Waals surface area contributed by atoms with E-state index >= 15 is 4.79 Å². The van der Waals surface area contributed by atoms with E-state index in [0.717, 1.165) is 18.4 Å². The van der Waals surface area contributed by atoms with Gasteiger partial charge in [-0.1, -0.05) is 70.2 Å². The zero-order valence-electron chi connectivity index (χ0n) is 35.3. The number of amides is 4. The quantitative estimate of drug-likeness (QED) is 0.0409. The summed E-state index contributed by atoms with van der Waals surface area (Å²) in [4.78, 5) is 75.9. The van der Waals surface area contributed by atoms with Gasteiger partial charge in [-0.2, -0.15) is 0 Å². The molecule has 6 N–H and O–H groups in total. The van der Waals surface area contributed by atoms with Crippen LogP contribution in [0.4, 0.5) is 9.59 Å². The van der Waals surface area contributed by atoms with Crippen molar-refractivity contribution < 1.29 is 43.0 Å². The van der Waals surface area contributed by atoms with Gasteiger partial charge in [0.05, 0.1) is 23.3 Å². The van der Waals surface area contributed by atoms with Crippen molar-refractivity contribution in [2.75, 3.05) is 13.2 Å². The number of nitrogens with two attached hydrogens (primary N) is 1. The van der Waals surface area contributed by atoms with Gasteiger partial charge in [-0.25, -0.2) is 25.7 Å². The second-order valence-electron chi connectivity index (χ2n) is 17.5. The molecule has 0 aliphatic carbocycles. The van der Waals surface area contributed by atoms with E-state index in [4.69, 9.17) is 24.9 Å². The first-order valence-corrected chi connectivity index (χ1v) is 20.0. The summed E-state index contributed by atoms with van der Waals surface area (Å²) in [7, 11) is 0. The molecule has 56 heavy (non-hydrogen) atoms. The summed E-state index contributed by atoms with van der Waals surface area (Å²) in [6, 6.07) is 8.14. The number of hydrogen-bond donors (Lipinski definition) is 5. The second-order valence-corrected chi connectivity index (χ2v) is 17.5. The Morgan fingerprint density at radius 1 is 0.875 bits per heavy atom. The Morgan fingerprint density at radius 3 is 2.07 bits per heavy atom.